The summed E-state index contributed by atoms with van der Waals surface area (Å²) < 4.78 is 4.83. The van der Waals surface area contributed by atoms with Gasteiger partial charge >= 0.3 is 0 Å². The first kappa shape index (κ1) is 8.82. The molecule has 0 spiro atoms. The van der Waals surface area contributed by atoms with Crippen LogP contribution in [0.5, 0.6) is 5.88 Å². The van der Waals surface area contributed by atoms with E-state index in [1.807, 2.05) is 6.07 Å². The normalized spacial score (nSPS) is 8.23. The van der Waals surface area contributed by atoms with Crippen LogP contribution in [0.15, 0.2) is 12.1 Å². The maximum atomic E-state index is 8.63. The molecule has 1 rings (SSSR count). The highest BCUT2D eigenvalue weighted by atomic mass is 16.5. The van der Waals surface area contributed by atoms with Gasteiger partial charge in [0.05, 0.1) is 12.7 Å². The molecular formula is C8H6N4O. The Labute approximate surface area is 75.2 Å². The van der Waals surface area contributed by atoms with Crippen molar-refractivity contribution in [2.75, 3.05) is 12.4 Å². The van der Waals surface area contributed by atoms with Gasteiger partial charge in [-0.1, -0.05) is 0 Å². The second-order valence-corrected chi connectivity index (χ2v) is 2.10. The van der Waals surface area contributed by atoms with E-state index in [-0.39, 0.29) is 5.82 Å². The fraction of sp³-hybridized carbons (Fsp3) is 0.125. The predicted molar refractivity (Wildman–Crippen MR) is 44.7 cm³/mol. The fourth-order valence-corrected chi connectivity index (χ4v) is 0.793. The second-order valence-electron chi connectivity index (χ2n) is 2.10. The summed E-state index contributed by atoms with van der Waals surface area (Å²) in [6, 6.07) is 4.99. The largest absolute Gasteiger partial charge is 0.481 e. The van der Waals surface area contributed by atoms with Gasteiger partial charge in [-0.3, -0.25) is 5.32 Å². The highest BCUT2D eigenvalue weighted by molar-refractivity contribution is 5.55. The van der Waals surface area contributed by atoms with Gasteiger partial charge in [0, 0.05) is 6.07 Å². The van der Waals surface area contributed by atoms with Crippen LogP contribution in [-0.2, 0) is 0 Å². The molecule has 1 aromatic rings. The number of nitrogens with zero attached hydrogens (tertiary/aromatic N) is 3. The van der Waals surface area contributed by atoms with Crippen LogP contribution in [0.2, 0.25) is 0 Å². The zero-order valence-electron chi connectivity index (χ0n) is 6.90. The minimum atomic E-state index is 0.212. The Morgan fingerprint density at radius 3 is 2.77 bits per heavy atom. The number of nitrogens with one attached hydrogen (secondary N) is 1. The lowest BCUT2D eigenvalue weighted by Gasteiger charge is -2.02. The van der Waals surface area contributed by atoms with E-state index in [1.165, 1.54) is 13.2 Å². The number of methoxy groups -OCH3 is 1. The summed E-state index contributed by atoms with van der Waals surface area (Å²) in [6.45, 7) is 0. The van der Waals surface area contributed by atoms with Crippen LogP contribution >= 0.6 is 0 Å². The number of rotatable bonds is 2. The van der Waals surface area contributed by atoms with Crippen LogP contribution in [0.3, 0.4) is 0 Å². The van der Waals surface area contributed by atoms with Crippen LogP contribution in [0.4, 0.5) is 5.82 Å². The lowest BCUT2D eigenvalue weighted by atomic mass is 10.3. The Morgan fingerprint density at radius 1 is 1.46 bits per heavy atom. The molecule has 0 aliphatic rings. The Morgan fingerprint density at radius 2 is 2.23 bits per heavy atom. The van der Waals surface area contributed by atoms with Crippen molar-refractivity contribution in [1.82, 2.24) is 4.98 Å². The van der Waals surface area contributed by atoms with E-state index in [9.17, 15) is 0 Å². The third-order valence-electron chi connectivity index (χ3n) is 1.37. The van der Waals surface area contributed by atoms with E-state index in [2.05, 4.69) is 10.3 Å². The maximum Gasteiger partial charge on any atom is 0.215 e. The molecule has 1 aromatic heterocycles. The van der Waals surface area contributed by atoms with Gasteiger partial charge < -0.3 is 4.74 Å². The van der Waals surface area contributed by atoms with E-state index in [4.69, 9.17) is 15.3 Å². The summed E-state index contributed by atoms with van der Waals surface area (Å²) in [4.78, 5) is 3.87. The molecule has 0 saturated carbocycles. The first-order valence-corrected chi connectivity index (χ1v) is 3.42. The van der Waals surface area contributed by atoms with Crippen LogP contribution in [0, 0.1) is 22.8 Å². The summed E-state index contributed by atoms with van der Waals surface area (Å²) in [5.41, 5.74) is 0.308. The molecule has 0 unspecified atom stereocenters. The highest BCUT2D eigenvalue weighted by Gasteiger charge is 2.04. The highest BCUT2D eigenvalue weighted by Crippen LogP contribution is 2.15. The first-order chi connectivity index (χ1) is 6.31. The molecule has 0 fully saturated rings. The number of anilines is 1. The number of hydrogen-bond donors (Lipinski definition) is 1. The number of hydrogen-bond acceptors (Lipinski definition) is 5. The summed E-state index contributed by atoms with van der Waals surface area (Å²) in [6.07, 6.45) is 1.69. The van der Waals surface area contributed by atoms with E-state index in [0.29, 0.717) is 11.4 Å². The molecular weight excluding hydrogens is 168 g/mol. The zero-order chi connectivity index (χ0) is 9.68. The van der Waals surface area contributed by atoms with Crippen molar-refractivity contribution in [2.24, 2.45) is 0 Å². The second kappa shape index (κ2) is 3.93. The van der Waals surface area contributed by atoms with Gasteiger partial charge in [-0.25, -0.2) is 0 Å². The topological polar surface area (TPSA) is 81.7 Å². The fourth-order valence-electron chi connectivity index (χ4n) is 0.793. The standard InChI is InChI=1S/C8H6N4O/c1-13-7-3-2-6(4-9)8(12-7)11-5-10/h2-3H,1H3,(H,11,12). The molecule has 0 radical (unpaired) electrons. The van der Waals surface area contributed by atoms with Gasteiger partial charge in [-0.15, -0.1) is 0 Å². The van der Waals surface area contributed by atoms with Crippen LogP contribution in [0.1, 0.15) is 5.56 Å². The quantitative estimate of drug-likeness (QED) is 0.531. The monoisotopic (exact) mass is 174 g/mol. The van der Waals surface area contributed by atoms with Gasteiger partial charge in [0.1, 0.15) is 6.07 Å². The van der Waals surface area contributed by atoms with Crippen molar-refractivity contribution in [2.45, 2.75) is 0 Å². The molecule has 0 amide bonds. The number of pyridine rings is 1. The molecule has 5 nitrogen and oxygen atoms in total. The molecule has 5 heteroatoms. The SMILES string of the molecule is COc1ccc(C#N)c(NC#N)n1. The third kappa shape index (κ3) is 1.85. The smallest absolute Gasteiger partial charge is 0.215 e. The van der Waals surface area contributed by atoms with Crippen molar-refractivity contribution < 1.29 is 4.74 Å². The molecule has 1 N–H and O–H groups in total. The third-order valence-corrected chi connectivity index (χ3v) is 1.37. The summed E-state index contributed by atoms with van der Waals surface area (Å²) >= 11 is 0. The van der Waals surface area contributed by atoms with Gasteiger partial charge in [0.2, 0.25) is 5.88 Å². The summed E-state index contributed by atoms with van der Waals surface area (Å²) in [5.74, 6) is 0.570. The average molecular weight is 174 g/mol. The molecule has 64 valence electrons. The Bertz CT molecular complexity index is 388. The Kier molecular flexibility index (Phi) is 2.67. The van der Waals surface area contributed by atoms with E-state index in [1.54, 1.807) is 12.3 Å². The number of nitriles is 2. The summed E-state index contributed by atoms with van der Waals surface area (Å²) in [5, 5.41) is 19.3. The Hall–Kier alpha value is -2.27. The average Bonchev–Trinajstić information content (AvgIpc) is 2.18. The molecule has 0 bridgehead atoms. The van der Waals surface area contributed by atoms with Gasteiger partial charge in [0.15, 0.2) is 12.0 Å². The number of aromatic nitrogens is 1. The van der Waals surface area contributed by atoms with E-state index < -0.39 is 0 Å². The van der Waals surface area contributed by atoms with E-state index >= 15 is 0 Å². The first-order valence-electron chi connectivity index (χ1n) is 3.42. The van der Waals surface area contributed by atoms with Crippen LogP contribution < -0.4 is 10.1 Å². The van der Waals surface area contributed by atoms with Crippen molar-refractivity contribution >= 4 is 5.82 Å². The van der Waals surface area contributed by atoms with Gasteiger partial charge in [0.25, 0.3) is 0 Å². The Balaban J connectivity index is 3.13. The van der Waals surface area contributed by atoms with Crippen LogP contribution in [-0.4, -0.2) is 12.1 Å². The molecule has 1 heterocycles. The zero-order valence-corrected chi connectivity index (χ0v) is 6.90. The predicted octanol–water partition coefficient (Wildman–Crippen LogP) is 0.855. The molecule has 13 heavy (non-hydrogen) atoms. The van der Waals surface area contributed by atoms with Crippen molar-refractivity contribution in [1.29, 1.82) is 10.5 Å². The lowest BCUT2D eigenvalue weighted by Crippen LogP contribution is -1.97. The summed E-state index contributed by atoms with van der Waals surface area (Å²) in [7, 11) is 1.46. The lowest BCUT2D eigenvalue weighted by molar-refractivity contribution is 0.398. The van der Waals surface area contributed by atoms with Gasteiger partial charge in [-0.2, -0.15) is 15.5 Å². The number of ether oxygens (including phenoxy) is 1. The van der Waals surface area contributed by atoms with Crippen LogP contribution in [0.25, 0.3) is 0 Å². The van der Waals surface area contributed by atoms with Gasteiger partial charge in [-0.05, 0) is 6.07 Å². The minimum Gasteiger partial charge on any atom is -0.481 e. The van der Waals surface area contributed by atoms with Crippen molar-refractivity contribution in [3.8, 4) is 18.1 Å². The van der Waals surface area contributed by atoms with E-state index in [0.717, 1.165) is 0 Å². The molecule has 0 saturated heterocycles. The van der Waals surface area contributed by atoms with Crippen molar-refractivity contribution in [3.05, 3.63) is 17.7 Å². The van der Waals surface area contributed by atoms with Crippen molar-refractivity contribution in [3.63, 3.8) is 0 Å². The molecule has 0 aromatic carbocycles. The maximum absolute atomic E-state index is 8.63. The molecule has 0 atom stereocenters. The minimum absolute atomic E-state index is 0.212. The molecule has 0 aliphatic heterocycles. The molecule has 0 aliphatic carbocycles.